The van der Waals surface area contributed by atoms with Gasteiger partial charge in [0.15, 0.2) is 0 Å². The summed E-state index contributed by atoms with van der Waals surface area (Å²) in [6.45, 7) is 6.24. The van der Waals surface area contributed by atoms with Crippen molar-refractivity contribution in [1.82, 2.24) is 15.2 Å². The molecule has 0 saturated heterocycles. The molecule has 0 unspecified atom stereocenters. The van der Waals surface area contributed by atoms with Crippen LogP contribution in [0.4, 0.5) is 10.5 Å². The summed E-state index contributed by atoms with van der Waals surface area (Å²) in [7, 11) is 0. The molecule has 0 fully saturated rings. The third-order valence-corrected chi connectivity index (χ3v) is 5.34. The van der Waals surface area contributed by atoms with Crippen LogP contribution in [-0.4, -0.2) is 52.2 Å². The quantitative estimate of drug-likeness (QED) is 0.655. The SMILES string of the molecule is Cc1ccc(NC(=O)N2CC=C(c3ncc(C(=O)NC(C)(C)CO)cc3Cl)CC2)cc1. The van der Waals surface area contributed by atoms with E-state index in [0.29, 0.717) is 35.8 Å². The number of aryl methyl sites for hydroxylation is 1. The average Bonchev–Trinajstić information content (AvgIpc) is 2.75. The average molecular weight is 443 g/mol. The van der Waals surface area contributed by atoms with E-state index in [2.05, 4.69) is 15.6 Å². The van der Waals surface area contributed by atoms with Crippen LogP contribution in [0, 0.1) is 6.92 Å². The van der Waals surface area contributed by atoms with Crippen LogP contribution < -0.4 is 10.6 Å². The van der Waals surface area contributed by atoms with Crippen LogP contribution in [0.5, 0.6) is 0 Å². The fourth-order valence-electron chi connectivity index (χ4n) is 3.13. The van der Waals surface area contributed by atoms with Crippen LogP contribution in [0.25, 0.3) is 5.57 Å². The van der Waals surface area contributed by atoms with E-state index in [1.165, 1.54) is 6.20 Å². The van der Waals surface area contributed by atoms with E-state index >= 15 is 0 Å². The number of nitrogens with zero attached hydrogens (tertiary/aromatic N) is 2. The van der Waals surface area contributed by atoms with Gasteiger partial charge in [-0.05, 0) is 51.0 Å². The number of anilines is 1. The third kappa shape index (κ3) is 5.83. The van der Waals surface area contributed by atoms with Crippen LogP contribution in [0.1, 0.15) is 41.9 Å². The lowest BCUT2D eigenvalue weighted by Gasteiger charge is -2.27. The molecule has 164 valence electrons. The summed E-state index contributed by atoms with van der Waals surface area (Å²) in [6.07, 6.45) is 4.01. The Labute approximate surface area is 187 Å². The molecule has 0 aliphatic carbocycles. The van der Waals surface area contributed by atoms with Crippen molar-refractivity contribution in [3.63, 3.8) is 0 Å². The van der Waals surface area contributed by atoms with Crippen LogP contribution in [0.15, 0.2) is 42.6 Å². The van der Waals surface area contributed by atoms with Crippen LogP contribution >= 0.6 is 11.6 Å². The van der Waals surface area contributed by atoms with Gasteiger partial charge in [0.05, 0.1) is 28.4 Å². The Morgan fingerprint density at radius 2 is 1.97 bits per heavy atom. The number of aliphatic hydroxyl groups excluding tert-OH is 1. The molecule has 1 aromatic heterocycles. The van der Waals surface area contributed by atoms with Crippen molar-refractivity contribution in [3.8, 4) is 0 Å². The summed E-state index contributed by atoms with van der Waals surface area (Å²) in [6, 6.07) is 9.07. The van der Waals surface area contributed by atoms with Gasteiger partial charge in [-0.15, -0.1) is 0 Å². The number of carbonyl (C=O) groups excluding carboxylic acids is 2. The van der Waals surface area contributed by atoms with E-state index in [0.717, 1.165) is 16.8 Å². The number of pyridine rings is 1. The Morgan fingerprint density at radius 3 is 2.55 bits per heavy atom. The minimum absolute atomic E-state index is 0.156. The number of aliphatic hydroxyl groups is 1. The molecule has 7 nitrogen and oxygen atoms in total. The fourth-order valence-corrected chi connectivity index (χ4v) is 3.41. The molecule has 0 radical (unpaired) electrons. The van der Waals surface area contributed by atoms with Gasteiger partial charge in [0.25, 0.3) is 5.91 Å². The van der Waals surface area contributed by atoms with Crippen molar-refractivity contribution in [2.75, 3.05) is 25.0 Å². The highest BCUT2D eigenvalue weighted by Crippen LogP contribution is 2.28. The molecule has 3 N–H and O–H groups in total. The number of hydrogen-bond acceptors (Lipinski definition) is 4. The van der Waals surface area contributed by atoms with Gasteiger partial charge < -0.3 is 20.6 Å². The summed E-state index contributed by atoms with van der Waals surface area (Å²) in [5, 5.41) is 15.3. The topological polar surface area (TPSA) is 94.6 Å². The molecule has 31 heavy (non-hydrogen) atoms. The fraction of sp³-hybridized carbons (Fsp3) is 0.348. The number of carbonyl (C=O) groups is 2. The second-order valence-electron chi connectivity index (χ2n) is 8.27. The molecule has 0 saturated carbocycles. The molecule has 3 amide bonds. The molecule has 8 heteroatoms. The van der Waals surface area contributed by atoms with Crippen molar-refractivity contribution in [2.45, 2.75) is 32.7 Å². The predicted octanol–water partition coefficient (Wildman–Crippen LogP) is 3.87. The molecule has 3 rings (SSSR count). The normalized spacial score (nSPS) is 14.1. The lowest BCUT2D eigenvalue weighted by molar-refractivity contribution is 0.0869. The Bertz CT molecular complexity index is 1000. The Hall–Kier alpha value is -2.90. The second-order valence-corrected chi connectivity index (χ2v) is 8.68. The van der Waals surface area contributed by atoms with Crippen LogP contribution in [0.2, 0.25) is 5.02 Å². The Kier molecular flexibility index (Phi) is 6.97. The number of halogens is 1. The van der Waals surface area contributed by atoms with E-state index in [1.807, 2.05) is 37.3 Å². The zero-order valence-corrected chi connectivity index (χ0v) is 18.7. The first-order chi connectivity index (χ1) is 14.7. The smallest absolute Gasteiger partial charge is 0.322 e. The monoisotopic (exact) mass is 442 g/mol. The highest BCUT2D eigenvalue weighted by Gasteiger charge is 2.23. The van der Waals surface area contributed by atoms with Crippen molar-refractivity contribution < 1.29 is 14.7 Å². The van der Waals surface area contributed by atoms with Crippen molar-refractivity contribution in [1.29, 1.82) is 0 Å². The maximum atomic E-state index is 12.5. The van der Waals surface area contributed by atoms with Gasteiger partial charge in [-0.1, -0.05) is 35.4 Å². The number of amides is 3. The van der Waals surface area contributed by atoms with E-state index in [1.54, 1.807) is 24.8 Å². The van der Waals surface area contributed by atoms with Crippen molar-refractivity contribution in [3.05, 3.63) is 64.4 Å². The van der Waals surface area contributed by atoms with E-state index in [4.69, 9.17) is 11.6 Å². The Morgan fingerprint density at radius 1 is 1.26 bits per heavy atom. The van der Waals surface area contributed by atoms with Gasteiger partial charge in [-0.3, -0.25) is 9.78 Å². The third-order valence-electron chi connectivity index (χ3n) is 5.05. The molecular weight excluding hydrogens is 416 g/mol. The molecule has 1 aliphatic heterocycles. The lowest BCUT2D eigenvalue weighted by atomic mass is 10.0. The zero-order valence-electron chi connectivity index (χ0n) is 17.9. The molecule has 1 aliphatic rings. The highest BCUT2D eigenvalue weighted by molar-refractivity contribution is 6.32. The summed E-state index contributed by atoms with van der Waals surface area (Å²) >= 11 is 6.41. The molecular formula is C23H27ClN4O3. The molecule has 1 aromatic carbocycles. The van der Waals surface area contributed by atoms with Gasteiger partial charge in [0, 0.05) is 25.0 Å². The maximum Gasteiger partial charge on any atom is 0.322 e. The number of aromatic nitrogens is 1. The first-order valence-electron chi connectivity index (χ1n) is 10.1. The highest BCUT2D eigenvalue weighted by atomic mass is 35.5. The first kappa shape index (κ1) is 22.8. The summed E-state index contributed by atoms with van der Waals surface area (Å²) < 4.78 is 0. The number of rotatable bonds is 5. The maximum absolute atomic E-state index is 12.5. The van der Waals surface area contributed by atoms with Crippen molar-refractivity contribution in [2.24, 2.45) is 0 Å². The van der Waals surface area contributed by atoms with Gasteiger partial charge in [0.2, 0.25) is 0 Å². The molecule has 0 spiro atoms. The van der Waals surface area contributed by atoms with E-state index in [-0.39, 0.29) is 18.5 Å². The number of hydrogen-bond donors (Lipinski definition) is 3. The minimum atomic E-state index is -0.739. The van der Waals surface area contributed by atoms with Crippen molar-refractivity contribution >= 4 is 34.8 Å². The van der Waals surface area contributed by atoms with Crippen LogP contribution in [0.3, 0.4) is 0 Å². The molecule has 0 bridgehead atoms. The number of benzene rings is 1. The first-order valence-corrected chi connectivity index (χ1v) is 10.5. The Balaban J connectivity index is 1.65. The molecule has 2 heterocycles. The summed E-state index contributed by atoms with van der Waals surface area (Å²) in [4.78, 5) is 31.0. The van der Waals surface area contributed by atoms with Crippen LogP contribution in [-0.2, 0) is 0 Å². The van der Waals surface area contributed by atoms with Gasteiger partial charge >= 0.3 is 6.03 Å². The van der Waals surface area contributed by atoms with Gasteiger partial charge in [0.1, 0.15) is 0 Å². The molecule has 2 aromatic rings. The van der Waals surface area contributed by atoms with E-state index < -0.39 is 5.54 Å². The minimum Gasteiger partial charge on any atom is -0.394 e. The summed E-state index contributed by atoms with van der Waals surface area (Å²) in [5.74, 6) is -0.350. The standard InChI is InChI=1S/C23H27ClN4O3/c1-15-4-6-18(7-5-15)26-22(31)28-10-8-16(9-11-28)20-19(24)12-17(13-25-20)21(30)27-23(2,3)14-29/h4-8,12-13,29H,9-11,14H2,1-3H3,(H,26,31)(H,27,30). The molecule has 0 atom stereocenters. The second kappa shape index (κ2) is 9.49. The lowest BCUT2D eigenvalue weighted by Crippen LogP contribution is -2.46. The van der Waals surface area contributed by atoms with E-state index in [9.17, 15) is 14.7 Å². The predicted molar refractivity (Wildman–Crippen MR) is 122 cm³/mol. The van der Waals surface area contributed by atoms with Gasteiger partial charge in [-0.25, -0.2) is 4.79 Å². The zero-order chi connectivity index (χ0) is 22.6. The number of urea groups is 1. The largest absolute Gasteiger partial charge is 0.394 e. The van der Waals surface area contributed by atoms with Gasteiger partial charge in [-0.2, -0.15) is 0 Å². The number of nitrogens with one attached hydrogen (secondary N) is 2. The summed E-state index contributed by atoms with van der Waals surface area (Å²) in [5.41, 5.74) is 3.02.